The molecule has 3 rings (SSSR count). The molecule has 0 heterocycles. The largest absolute Gasteiger partial charge is 0.398 e. The number of amides is 1. The predicted molar refractivity (Wildman–Crippen MR) is 116 cm³/mol. The van der Waals surface area contributed by atoms with Crippen molar-refractivity contribution >= 4 is 48.7 Å². The standard InChI is InChI=1S/C20H16BrN3O5S/c1-12-11-13(21)5-10-17(12)23-20(25)19-16(22)3-2-4-18(19)30(28,29)15-8-6-14(7-9-15)24(26)27/h2-11H,22H2,1H3,(H,23,25). The molecule has 0 aromatic heterocycles. The molecular weight excluding hydrogens is 474 g/mol. The van der Waals surface area contributed by atoms with Crippen LogP contribution in [0.1, 0.15) is 15.9 Å². The van der Waals surface area contributed by atoms with E-state index >= 15 is 0 Å². The van der Waals surface area contributed by atoms with Gasteiger partial charge in [0.1, 0.15) is 0 Å². The van der Waals surface area contributed by atoms with E-state index in [-0.39, 0.29) is 26.7 Å². The molecule has 3 aromatic carbocycles. The minimum absolute atomic E-state index is 0.00903. The first-order chi connectivity index (χ1) is 14.1. The molecule has 0 unspecified atom stereocenters. The summed E-state index contributed by atoms with van der Waals surface area (Å²) in [6, 6.07) is 13.8. The summed E-state index contributed by atoms with van der Waals surface area (Å²) < 4.78 is 27.1. The maximum atomic E-state index is 13.1. The zero-order valence-corrected chi connectivity index (χ0v) is 18.0. The van der Waals surface area contributed by atoms with Crippen LogP contribution in [0.25, 0.3) is 0 Å². The first-order valence-corrected chi connectivity index (χ1v) is 10.8. The van der Waals surface area contributed by atoms with Crippen molar-refractivity contribution in [2.45, 2.75) is 16.7 Å². The van der Waals surface area contributed by atoms with Crippen LogP contribution in [0, 0.1) is 17.0 Å². The van der Waals surface area contributed by atoms with Gasteiger partial charge in [-0.15, -0.1) is 0 Å². The summed E-state index contributed by atoms with van der Waals surface area (Å²) >= 11 is 3.34. The van der Waals surface area contributed by atoms with E-state index < -0.39 is 20.7 Å². The smallest absolute Gasteiger partial charge is 0.269 e. The summed E-state index contributed by atoms with van der Waals surface area (Å²) in [4.78, 5) is 22.7. The topological polar surface area (TPSA) is 132 Å². The highest BCUT2D eigenvalue weighted by Crippen LogP contribution is 2.30. The molecule has 0 aliphatic rings. The first-order valence-electron chi connectivity index (χ1n) is 8.57. The fourth-order valence-corrected chi connectivity index (χ4v) is 4.80. The van der Waals surface area contributed by atoms with Gasteiger partial charge < -0.3 is 11.1 Å². The van der Waals surface area contributed by atoms with Crippen LogP contribution < -0.4 is 11.1 Å². The summed E-state index contributed by atoms with van der Waals surface area (Å²) in [5, 5.41) is 13.5. The maximum Gasteiger partial charge on any atom is 0.269 e. The summed E-state index contributed by atoms with van der Waals surface area (Å²) in [5.74, 6) is -0.681. The van der Waals surface area contributed by atoms with Crippen molar-refractivity contribution in [3.63, 3.8) is 0 Å². The quantitative estimate of drug-likeness (QED) is 0.311. The van der Waals surface area contributed by atoms with Gasteiger partial charge in [-0.2, -0.15) is 0 Å². The lowest BCUT2D eigenvalue weighted by Gasteiger charge is -2.14. The number of halogens is 1. The van der Waals surface area contributed by atoms with Gasteiger partial charge in [-0.1, -0.05) is 22.0 Å². The van der Waals surface area contributed by atoms with Crippen LogP contribution in [0.2, 0.25) is 0 Å². The highest BCUT2D eigenvalue weighted by atomic mass is 79.9. The third-order valence-electron chi connectivity index (χ3n) is 4.37. The number of sulfone groups is 1. The van der Waals surface area contributed by atoms with Crippen LogP contribution in [0.15, 0.2) is 74.9 Å². The van der Waals surface area contributed by atoms with Crippen molar-refractivity contribution in [2.75, 3.05) is 11.1 Å². The number of nitrogens with two attached hydrogens (primary N) is 1. The van der Waals surface area contributed by atoms with Crippen LogP contribution in [-0.2, 0) is 9.84 Å². The van der Waals surface area contributed by atoms with E-state index in [4.69, 9.17) is 5.73 Å². The van der Waals surface area contributed by atoms with Gasteiger partial charge in [-0.3, -0.25) is 14.9 Å². The van der Waals surface area contributed by atoms with E-state index in [1.165, 1.54) is 18.2 Å². The zero-order chi connectivity index (χ0) is 22.1. The molecule has 3 N–H and O–H groups in total. The predicted octanol–water partition coefficient (Wildman–Crippen LogP) is 4.33. The Morgan fingerprint density at radius 1 is 1.10 bits per heavy atom. The molecule has 8 nitrogen and oxygen atoms in total. The Morgan fingerprint density at radius 3 is 2.37 bits per heavy atom. The Balaban J connectivity index is 2.05. The molecule has 0 fully saturated rings. The van der Waals surface area contributed by atoms with E-state index in [2.05, 4.69) is 21.2 Å². The highest BCUT2D eigenvalue weighted by Gasteiger charge is 2.27. The van der Waals surface area contributed by atoms with Gasteiger partial charge in [-0.25, -0.2) is 8.42 Å². The van der Waals surface area contributed by atoms with E-state index in [0.29, 0.717) is 5.69 Å². The number of non-ortho nitro benzene ring substituents is 1. The Kier molecular flexibility index (Phi) is 5.90. The zero-order valence-electron chi connectivity index (χ0n) is 15.6. The summed E-state index contributed by atoms with van der Waals surface area (Å²) in [5.41, 5.74) is 6.78. The molecule has 0 atom stereocenters. The Hall–Kier alpha value is -3.24. The highest BCUT2D eigenvalue weighted by molar-refractivity contribution is 9.10. The SMILES string of the molecule is Cc1cc(Br)ccc1NC(=O)c1c(N)cccc1S(=O)(=O)c1ccc([N+](=O)[O-])cc1. The van der Waals surface area contributed by atoms with Crippen molar-refractivity contribution in [1.29, 1.82) is 0 Å². The number of nitrogen functional groups attached to an aromatic ring is 1. The van der Waals surface area contributed by atoms with Crippen LogP contribution in [0.4, 0.5) is 17.1 Å². The first kappa shape index (κ1) is 21.5. The molecule has 10 heteroatoms. The van der Waals surface area contributed by atoms with E-state index in [9.17, 15) is 23.3 Å². The molecule has 0 radical (unpaired) electrons. The van der Waals surface area contributed by atoms with Crippen molar-refractivity contribution in [1.82, 2.24) is 0 Å². The van der Waals surface area contributed by atoms with E-state index in [0.717, 1.165) is 34.3 Å². The van der Waals surface area contributed by atoms with Gasteiger partial charge in [0.15, 0.2) is 0 Å². The molecule has 30 heavy (non-hydrogen) atoms. The number of nitrogens with zero attached hydrogens (tertiary/aromatic N) is 1. The Bertz CT molecular complexity index is 1260. The molecule has 1 amide bonds. The normalized spacial score (nSPS) is 11.1. The molecule has 0 spiro atoms. The number of nitro benzene ring substituents is 1. The third kappa shape index (κ3) is 4.19. The fraction of sp³-hybridized carbons (Fsp3) is 0.0500. The summed E-state index contributed by atoms with van der Waals surface area (Å²) in [6.45, 7) is 1.79. The molecule has 154 valence electrons. The number of benzene rings is 3. The van der Waals surface area contributed by atoms with Crippen LogP contribution in [0.5, 0.6) is 0 Å². The number of rotatable bonds is 5. The van der Waals surface area contributed by atoms with Crippen LogP contribution >= 0.6 is 15.9 Å². The molecule has 0 aliphatic heterocycles. The van der Waals surface area contributed by atoms with Crippen molar-refractivity contribution in [2.24, 2.45) is 0 Å². The number of hydrogen-bond acceptors (Lipinski definition) is 6. The van der Waals surface area contributed by atoms with Gasteiger partial charge >= 0.3 is 0 Å². The monoisotopic (exact) mass is 489 g/mol. The number of carbonyl (C=O) groups excluding carboxylic acids is 1. The summed E-state index contributed by atoms with van der Waals surface area (Å²) in [7, 11) is -4.16. The van der Waals surface area contributed by atoms with Gasteiger partial charge in [0.2, 0.25) is 9.84 Å². The Morgan fingerprint density at radius 2 is 1.77 bits per heavy atom. The number of carbonyl (C=O) groups is 1. The molecule has 0 saturated carbocycles. The van der Waals surface area contributed by atoms with Crippen molar-refractivity contribution in [3.8, 4) is 0 Å². The number of nitrogens with one attached hydrogen (secondary N) is 1. The minimum atomic E-state index is -4.16. The lowest BCUT2D eigenvalue weighted by atomic mass is 10.1. The number of aryl methyl sites for hydroxylation is 1. The van der Waals surface area contributed by atoms with Crippen molar-refractivity contribution < 1.29 is 18.1 Å². The van der Waals surface area contributed by atoms with Crippen LogP contribution in [-0.4, -0.2) is 19.2 Å². The van der Waals surface area contributed by atoms with Crippen LogP contribution in [0.3, 0.4) is 0 Å². The van der Waals surface area contributed by atoms with Gasteiger partial charge in [0.25, 0.3) is 11.6 Å². The number of anilines is 2. The van der Waals surface area contributed by atoms with E-state index in [1.54, 1.807) is 25.1 Å². The van der Waals surface area contributed by atoms with Gasteiger partial charge in [0, 0.05) is 28.0 Å². The second-order valence-corrected chi connectivity index (χ2v) is 9.22. The molecule has 0 bridgehead atoms. The minimum Gasteiger partial charge on any atom is -0.398 e. The molecule has 3 aromatic rings. The van der Waals surface area contributed by atoms with Gasteiger partial charge in [-0.05, 0) is 55.0 Å². The third-order valence-corrected chi connectivity index (χ3v) is 6.67. The number of nitro groups is 1. The Labute approximate surface area is 180 Å². The second-order valence-electron chi connectivity index (χ2n) is 6.39. The second kappa shape index (κ2) is 8.25. The molecule has 0 aliphatic carbocycles. The van der Waals surface area contributed by atoms with Gasteiger partial charge in [0.05, 0.1) is 20.3 Å². The fourth-order valence-electron chi connectivity index (χ4n) is 2.84. The lowest BCUT2D eigenvalue weighted by molar-refractivity contribution is -0.384. The van der Waals surface area contributed by atoms with E-state index in [1.807, 2.05) is 0 Å². The van der Waals surface area contributed by atoms with Crippen molar-refractivity contribution in [3.05, 3.63) is 86.4 Å². The molecule has 0 saturated heterocycles. The molecular formula is C20H16BrN3O5S. The maximum absolute atomic E-state index is 13.1. The average molecular weight is 490 g/mol. The summed E-state index contributed by atoms with van der Waals surface area (Å²) in [6.07, 6.45) is 0. The number of hydrogen-bond donors (Lipinski definition) is 2. The average Bonchev–Trinajstić information content (AvgIpc) is 2.69. The lowest BCUT2D eigenvalue weighted by Crippen LogP contribution is -2.19.